The molecule has 0 aliphatic rings. The summed E-state index contributed by atoms with van der Waals surface area (Å²) in [5.74, 6) is 0. The maximum absolute atomic E-state index is 11.4. The Morgan fingerprint density at radius 2 is 2.25 bits per heavy atom. The fraction of sp³-hybridized carbons (Fsp3) is 0.364. The SMILES string of the molecule is Cc1ccc(Cl)c(NC(=O)NCCCO)c1. The van der Waals surface area contributed by atoms with Crippen molar-refractivity contribution in [3.8, 4) is 0 Å². The van der Waals surface area contributed by atoms with Gasteiger partial charge in [-0.05, 0) is 31.0 Å². The molecule has 0 aliphatic carbocycles. The van der Waals surface area contributed by atoms with Crippen molar-refractivity contribution in [2.24, 2.45) is 0 Å². The zero-order valence-corrected chi connectivity index (χ0v) is 9.84. The summed E-state index contributed by atoms with van der Waals surface area (Å²) in [6.45, 7) is 2.42. The number of rotatable bonds is 4. The molecule has 2 amide bonds. The van der Waals surface area contributed by atoms with Crippen molar-refractivity contribution < 1.29 is 9.90 Å². The Morgan fingerprint density at radius 1 is 1.50 bits per heavy atom. The number of aliphatic hydroxyl groups is 1. The van der Waals surface area contributed by atoms with Crippen LogP contribution in [0.4, 0.5) is 10.5 Å². The van der Waals surface area contributed by atoms with Gasteiger partial charge in [-0.15, -0.1) is 0 Å². The summed E-state index contributed by atoms with van der Waals surface area (Å²) >= 11 is 5.92. The minimum Gasteiger partial charge on any atom is -0.396 e. The first kappa shape index (κ1) is 12.8. The Morgan fingerprint density at radius 3 is 2.94 bits per heavy atom. The van der Waals surface area contributed by atoms with E-state index >= 15 is 0 Å². The Hall–Kier alpha value is -1.26. The van der Waals surface area contributed by atoms with E-state index in [0.29, 0.717) is 23.7 Å². The van der Waals surface area contributed by atoms with E-state index in [-0.39, 0.29) is 12.6 Å². The van der Waals surface area contributed by atoms with Gasteiger partial charge in [0.1, 0.15) is 0 Å². The first-order valence-electron chi connectivity index (χ1n) is 5.05. The van der Waals surface area contributed by atoms with Crippen molar-refractivity contribution in [2.45, 2.75) is 13.3 Å². The molecule has 3 N–H and O–H groups in total. The summed E-state index contributed by atoms with van der Waals surface area (Å²) in [4.78, 5) is 11.4. The highest BCUT2D eigenvalue weighted by atomic mass is 35.5. The van der Waals surface area contributed by atoms with Crippen LogP contribution in [0.25, 0.3) is 0 Å². The third-order valence-electron chi connectivity index (χ3n) is 1.99. The number of benzene rings is 1. The number of hydrogen-bond acceptors (Lipinski definition) is 2. The highest BCUT2D eigenvalue weighted by Gasteiger charge is 2.04. The van der Waals surface area contributed by atoms with Crippen molar-refractivity contribution in [2.75, 3.05) is 18.5 Å². The quantitative estimate of drug-likeness (QED) is 0.709. The van der Waals surface area contributed by atoms with Gasteiger partial charge >= 0.3 is 6.03 Å². The zero-order valence-electron chi connectivity index (χ0n) is 9.09. The second-order valence-electron chi connectivity index (χ2n) is 3.44. The predicted molar refractivity (Wildman–Crippen MR) is 64.9 cm³/mol. The van der Waals surface area contributed by atoms with Crippen LogP contribution in [-0.4, -0.2) is 24.3 Å². The Kier molecular flexibility index (Phi) is 5.08. The Bertz CT molecular complexity index is 369. The van der Waals surface area contributed by atoms with E-state index in [4.69, 9.17) is 16.7 Å². The molecule has 0 heterocycles. The molecule has 0 aliphatic heterocycles. The number of nitrogens with one attached hydrogen (secondary N) is 2. The largest absolute Gasteiger partial charge is 0.396 e. The monoisotopic (exact) mass is 242 g/mol. The summed E-state index contributed by atoms with van der Waals surface area (Å²) in [5.41, 5.74) is 1.61. The molecule has 0 unspecified atom stereocenters. The lowest BCUT2D eigenvalue weighted by molar-refractivity contribution is 0.249. The molecule has 0 saturated carbocycles. The Balaban J connectivity index is 2.52. The third-order valence-corrected chi connectivity index (χ3v) is 2.32. The van der Waals surface area contributed by atoms with Crippen molar-refractivity contribution >= 4 is 23.3 Å². The number of amides is 2. The maximum Gasteiger partial charge on any atom is 0.319 e. The number of aliphatic hydroxyl groups excluding tert-OH is 1. The van der Waals surface area contributed by atoms with Gasteiger partial charge in [-0.1, -0.05) is 17.7 Å². The second-order valence-corrected chi connectivity index (χ2v) is 3.85. The molecular formula is C11H15ClN2O2. The van der Waals surface area contributed by atoms with Crippen LogP contribution in [-0.2, 0) is 0 Å². The number of urea groups is 1. The lowest BCUT2D eigenvalue weighted by Crippen LogP contribution is -2.30. The lowest BCUT2D eigenvalue weighted by Gasteiger charge is -2.09. The summed E-state index contributed by atoms with van der Waals surface area (Å²) in [6, 6.07) is 5.09. The zero-order chi connectivity index (χ0) is 12.0. The molecule has 0 saturated heterocycles. The van der Waals surface area contributed by atoms with Gasteiger partial charge in [0.2, 0.25) is 0 Å². The van der Waals surface area contributed by atoms with Crippen LogP contribution in [0, 0.1) is 6.92 Å². The van der Waals surface area contributed by atoms with Gasteiger partial charge in [-0.2, -0.15) is 0 Å². The van der Waals surface area contributed by atoms with E-state index < -0.39 is 0 Å². The number of carbonyl (C=O) groups excluding carboxylic acids is 1. The molecule has 0 fully saturated rings. The average molecular weight is 243 g/mol. The lowest BCUT2D eigenvalue weighted by atomic mass is 10.2. The first-order valence-corrected chi connectivity index (χ1v) is 5.43. The molecule has 1 rings (SSSR count). The van der Waals surface area contributed by atoms with Crippen LogP contribution in [0.3, 0.4) is 0 Å². The van der Waals surface area contributed by atoms with Crippen molar-refractivity contribution in [1.82, 2.24) is 5.32 Å². The molecule has 5 heteroatoms. The molecule has 0 aromatic heterocycles. The molecule has 4 nitrogen and oxygen atoms in total. The Labute approximate surface area is 99.6 Å². The molecule has 88 valence electrons. The van der Waals surface area contributed by atoms with Crippen LogP contribution in [0.15, 0.2) is 18.2 Å². The summed E-state index contributed by atoms with van der Waals surface area (Å²) in [6.07, 6.45) is 0.537. The third kappa shape index (κ3) is 4.08. The van der Waals surface area contributed by atoms with Gasteiger partial charge in [0.15, 0.2) is 0 Å². The smallest absolute Gasteiger partial charge is 0.319 e. The van der Waals surface area contributed by atoms with E-state index in [9.17, 15) is 4.79 Å². The van der Waals surface area contributed by atoms with Crippen molar-refractivity contribution in [1.29, 1.82) is 0 Å². The van der Waals surface area contributed by atoms with E-state index in [2.05, 4.69) is 10.6 Å². The van der Waals surface area contributed by atoms with Gasteiger partial charge in [-0.25, -0.2) is 4.79 Å². The summed E-state index contributed by atoms with van der Waals surface area (Å²) in [5, 5.41) is 14.3. The van der Waals surface area contributed by atoms with Gasteiger partial charge in [0.25, 0.3) is 0 Å². The van der Waals surface area contributed by atoms with Gasteiger partial charge < -0.3 is 15.7 Å². The highest BCUT2D eigenvalue weighted by Crippen LogP contribution is 2.22. The predicted octanol–water partition coefficient (Wildman–Crippen LogP) is 2.15. The maximum atomic E-state index is 11.4. The van der Waals surface area contributed by atoms with E-state index in [0.717, 1.165) is 5.56 Å². The molecule has 0 spiro atoms. The van der Waals surface area contributed by atoms with Gasteiger partial charge in [-0.3, -0.25) is 0 Å². The number of carbonyl (C=O) groups is 1. The van der Waals surface area contributed by atoms with Crippen LogP contribution in [0.5, 0.6) is 0 Å². The fourth-order valence-corrected chi connectivity index (χ4v) is 1.35. The topological polar surface area (TPSA) is 61.4 Å². The number of halogens is 1. The minimum absolute atomic E-state index is 0.0610. The van der Waals surface area contributed by atoms with Crippen LogP contribution in [0.2, 0.25) is 5.02 Å². The minimum atomic E-state index is -0.319. The molecule has 1 aromatic carbocycles. The number of hydrogen-bond donors (Lipinski definition) is 3. The van der Waals surface area contributed by atoms with Gasteiger partial charge in [0, 0.05) is 13.2 Å². The molecule has 0 radical (unpaired) electrons. The normalized spacial score (nSPS) is 9.94. The molecule has 0 bridgehead atoms. The second kappa shape index (κ2) is 6.35. The summed E-state index contributed by atoms with van der Waals surface area (Å²) in [7, 11) is 0. The first-order chi connectivity index (χ1) is 7.63. The summed E-state index contributed by atoms with van der Waals surface area (Å²) < 4.78 is 0. The standard InChI is InChI=1S/C11H15ClN2O2/c1-8-3-4-9(12)10(7-8)14-11(16)13-5-2-6-15/h3-4,7,15H,2,5-6H2,1H3,(H2,13,14,16). The fourth-order valence-electron chi connectivity index (χ4n) is 1.18. The highest BCUT2D eigenvalue weighted by molar-refractivity contribution is 6.33. The molecule has 0 atom stereocenters. The molecule has 16 heavy (non-hydrogen) atoms. The van der Waals surface area contributed by atoms with Crippen molar-refractivity contribution in [3.05, 3.63) is 28.8 Å². The molecular weight excluding hydrogens is 228 g/mol. The van der Waals surface area contributed by atoms with E-state index in [1.165, 1.54) is 0 Å². The average Bonchev–Trinajstić information content (AvgIpc) is 2.24. The van der Waals surface area contributed by atoms with E-state index in [1.807, 2.05) is 13.0 Å². The van der Waals surface area contributed by atoms with E-state index in [1.54, 1.807) is 12.1 Å². The van der Waals surface area contributed by atoms with Crippen LogP contribution < -0.4 is 10.6 Å². The van der Waals surface area contributed by atoms with Gasteiger partial charge in [0.05, 0.1) is 10.7 Å². The molecule has 1 aromatic rings. The van der Waals surface area contributed by atoms with Crippen molar-refractivity contribution in [3.63, 3.8) is 0 Å². The number of aryl methyl sites for hydroxylation is 1. The van der Waals surface area contributed by atoms with Crippen LogP contribution >= 0.6 is 11.6 Å². The van der Waals surface area contributed by atoms with Crippen LogP contribution in [0.1, 0.15) is 12.0 Å². The number of anilines is 1.